The molecule has 1 aliphatic rings. The van der Waals surface area contributed by atoms with Gasteiger partial charge in [0.1, 0.15) is 0 Å². The van der Waals surface area contributed by atoms with Crippen molar-refractivity contribution in [3.05, 3.63) is 36.0 Å². The van der Waals surface area contributed by atoms with Gasteiger partial charge < -0.3 is 9.67 Å². The van der Waals surface area contributed by atoms with E-state index >= 15 is 0 Å². The first-order chi connectivity index (χ1) is 9.18. The highest BCUT2D eigenvalue weighted by Gasteiger charge is 2.22. The van der Waals surface area contributed by atoms with Crippen molar-refractivity contribution in [2.45, 2.75) is 44.6 Å². The van der Waals surface area contributed by atoms with E-state index in [-0.39, 0.29) is 0 Å². The third-order valence-corrected chi connectivity index (χ3v) is 4.33. The minimum Gasteiger partial charge on any atom is -0.481 e. The van der Waals surface area contributed by atoms with Crippen LogP contribution in [0.25, 0.3) is 10.9 Å². The number of fused-ring (bicyclic) bond motifs is 1. The summed E-state index contributed by atoms with van der Waals surface area (Å²) in [5, 5.41) is 10.4. The fourth-order valence-electron chi connectivity index (χ4n) is 3.22. The molecule has 1 aromatic heterocycles. The molecule has 0 radical (unpaired) electrons. The van der Waals surface area contributed by atoms with Crippen LogP contribution in [0.5, 0.6) is 0 Å². The number of carboxylic acid groups (broad SMARTS) is 1. The van der Waals surface area contributed by atoms with Crippen molar-refractivity contribution in [2.75, 3.05) is 0 Å². The van der Waals surface area contributed by atoms with E-state index < -0.39 is 11.9 Å². The Bertz CT molecular complexity index is 608. The number of carboxylic acids is 1. The van der Waals surface area contributed by atoms with E-state index in [9.17, 15) is 9.90 Å². The Labute approximate surface area is 112 Å². The van der Waals surface area contributed by atoms with Crippen LogP contribution in [0, 0.1) is 0 Å². The van der Waals surface area contributed by atoms with Crippen LogP contribution in [0.15, 0.2) is 30.5 Å². The van der Waals surface area contributed by atoms with Gasteiger partial charge in [0.25, 0.3) is 0 Å². The lowest BCUT2D eigenvalue weighted by molar-refractivity contribution is -0.138. The van der Waals surface area contributed by atoms with Crippen LogP contribution < -0.4 is 0 Å². The quantitative estimate of drug-likeness (QED) is 0.904. The summed E-state index contributed by atoms with van der Waals surface area (Å²) in [5.74, 6) is -1.22. The highest BCUT2D eigenvalue weighted by atomic mass is 16.4. The average Bonchev–Trinajstić information content (AvgIpc) is 3.05. The van der Waals surface area contributed by atoms with Gasteiger partial charge in [-0.25, -0.2) is 0 Å². The van der Waals surface area contributed by atoms with Crippen molar-refractivity contribution < 1.29 is 9.90 Å². The molecule has 19 heavy (non-hydrogen) atoms. The molecule has 3 nitrogen and oxygen atoms in total. The first-order valence-electron chi connectivity index (χ1n) is 7.00. The van der Waals surface area contributed by atoms with Crippen LogP contribution >= 0.6 is 0 Å². The maximum Gasteiger partial charge on any atom is 0.310 e. The van der Waals surface area contributed by atoms with Crippen LogP contribution in [0.3, 0.4) is 0 Å². The molecule has 0 aliphatic heterocycles. The topological polar surface area (TPSA) is 42.2 Å². The molecule has 0 saturated heterocycles. The average molecular weight is 257 g/mol. The molecule has 100 valence electrons. The molecule has 1 fully saturated rings. The predicted octanol–water partition coefficient (Wildman–Crippen LogP) is 3.94. The van der Waals surface area contributed by atoms with E-state index in [0.717, 1.165) is 16.5 Å². The molecule has 0 bridgehead atoms. The summed E-state index contributed by atoms with van der Waals surface area (Å²) in [6.45, 7) is 1.77. The number of hydrogen-bond donors (Lipinski definition) is 1. The Morgan fingerprint density at radius 3 is 2.74 bits per heavy atom. The van der Waals surface area contributed by atoms with Crippen LogP contribution in [-0.4, -0.2) is 15.6 Å². The van der Waals surface area contributed by atoms with Gasteiger partial charge in [-0.2, -0.15) is 0 Å². The Hall–Kier alpha value is -1.77. The van der Waals surface area contributed by atoms with Crippen LogP contribution in [0.2, 0.25) is 0 Å². The zero-order valence-corrected chi connectivity index (χ0v) is 11.2. The minimum absolute atomic E-state index is 0.459. The lowest BCUT2D eigenvalue weighted by atomic mass is 9.98. The van der Waals surface area contributed by atoms with Crippen molar-refractivity contribution >= 4 is 16.9 Å². The van der Waals surface area contributed by atoms with Crippen molar-refractivity contribution in [3.63, 3.8) is 0 Å². The standard InChI is InChI=1S/C16H19NO2/c1-11(16(18)19)14-8-4-5-12-9-10-17(15(12)14)13-6-2-3-7-13/h4-5,8-11,13H,2-3,6-7H2,1H3,(H,18,19). The molecule has 1 N–H and O–H groups in total. The Kier molecular flexibility index (Phi) is 3.05. The lowest BCUT2D eigenvalue weighted by Crippen LogP contribution is -2.11. The maximum absolute atomic E-state index is 11.3. The van der Waals surface area contributed by atoms with E-state index in [1.54, 1.807) is 6.92 Å². The summed E-state index contributed by atoms with van der Waals surface area (Å²) in [7, 11) is 0. The second-order valence-corrected chi connectivity index (χ2v) is 5.51. The van der Waals surface area contributed by atoms with Crippen LogP contribution in [0.4, 0.5) is 0 Å². The zero-order chi connectivity index (χ0) is 13.4. The van der Waals surface area contributed by atoms with Gasteiger partial charge in [-0.15, -0.1) is 0 Å². The van der Waals surface area contributed by atoms with Gasteiger partial charge in [0.2, 0.25) is 0 Å². The summed E-state index contributed by atoms with van der Waals surface area (Å²) in [4.78, 5) is 11.3. The van der Waals surface area contributed by atoms with E-state index in [1.807, 2.05) is 12.1 Å². The third-order valence-electron chi connectivity index (χ3n) is 4.33. The molecule has 1 saturated carbocycles. The Morgan fingerprint density at radius 1 is 1.32 bits per heavy atom. The van der Waals surface area contributed by atoms with Crippen LogP contribution in [0.1, 0.15) is 50.1 Å². The van der Waals surface area contributed by atoms with Gasteiger partial charge in [-0.3, -0.25) is 4.79 Å². The largest absolute Gasteiger partial charge is 0.481 e. The highest BCUT2D eigenvalue weighted by molar-refractivity contribution is 5.89. The van der Waals surface area contributed by atoms with Crippen LogP contribution in [-0.2, 0) is 4.79 Å². The molecule has 1 unspecified atom stereocenters. The van der Waals surface area contributed by atoms with E-state index in [4.69, 9.17) is 0 Å². The molecule has 3 rings (SSSR count). The van der Waals surface area contributed by atoms with Gasteiger partial charge in [0, 0.05) is 12.2 Å². The summed E-state index contributed by atoms with van der Waals surface area (Å²) >= 11 is 0. The molecule has 0 amide bonds. The fourth-order valence-corrected chi connectivity index (χ4v) is 3.22. The fraction of sp³-hybridized carbons (Fsp3) is 0.438. The predicted molar refractivity (Wildman–Crippen MR) is 75.5 cm³/mol. The van der Waals surface area contributed by atoms with E-state index in [0.29, 0.717) is 6.04 Å². The number of rotatable bonds is 3. The summed E-state index contributed by atoms with van der Waals surface area (Å²) in [5.41, 5.74) is 2.05. The first kappa shape index (κ1) is 12.3. The molecule has 2 aromatic rings. The Balaban J connectivity index is 2.16. The number of hydrogen-bond acceptors (Lipinski definition) is 1. The van der Waals surface area contributed by atoms with Gasteiger partial charge >= 0.3 is 5.97 Å². The van der Waals surface area contributed by atoms with Gasteiger partial charge in [0.15, 0.2) is 0 Å². The molecule has 0 spiro atoms. The van der Waals surface area contributed by atoms with Gasteiger partial charge in [0.05, 0.1) is 11.4 Å². The van der Waals surface area contributed by atoms with E-state index in [2.05, 4.69) is 22.9 Å². The molecular weight excluding hydrogens is 238 g/mol. The first-order valence-corrected chi connectivity index (χ1v) is 7.00. The molecule has 1 aliphatic carbocycles. The smallest absolute Gasteiger partial charge is 0.310 e. The minimum atomic E-state index is -0.758. The number of nitrogens with zero attached hydrogens (tertiary/aromatic N) is 1. The van der Waals surface area contributed by atoms with E-state index in [1.165, 1.54) is 25.7 Å². The maximum atomic E-state index is 11.3. The summed E-state index contributed by atoms with van der Waals surface area (Å²) in [6, 6.07) is 8.62. The SMILES string of the molecule is CC(C(=O)O)c1cccc2ccn(C3CCCC3)c12. The van der Waals surface area contributed by atoms with Gasteiger partial charge in [-0.05, 0) is 36.8 Å². The van der Waals surface area contributed by atoms with Gasteiger partial charge in [-0.1, -0.05) is 31.0 Å². The molecule has 1 aromatic carbocycles. The molecule has 1 atom stereocenters. The monoisotopic (exact) mass is 257 g/mol. The van der Waals surface area contributed by atoms with Crippen molar-refractivity contribution in [1.82, 2.24) is 4.57 Å². The lowest BCUT2D eigenvalue weighted by Gasteiger charge is -2.17. The molecule has 1 heterocycles. The highest BCUT2D eigenvalue weighted by Crippen LogP contribution is 2.35. The third kappa shape index (κ3) is 2.03. The summed E-state index contributed by atoms with van der Waals surface area (Å²) in [6.07, 6.45) is 7.10. The number of benzene rings is 1. The normalized spacial score (nSPS) is 17.9. The zero-order valence-electron chi connectivity index (χ0n) is 11.2. The van der Waals surface area contributed by atoms with Crippen molar-refractivity contribution in [2.24, 2.45) is 0 Å². The number of para-hydroxylation sites is 1. The Morgan fingerprint density at radius 2 is 2.05 bits per heavy atom. The second-order valence-electron chi connectivity index (χ2n) is 5.51. The van der Waals surface area contributed by atoms with Crippen molar-refractivity contribution in [1.29, 1.82) is 0 Å². The second kappa shape index (κ2) is 4.72. The number of aromatic nitrogens is 1. The number of aliphatic carboxylic acids is 1. The van der Waals surface area contributed by atoms with Crippen molar-refractivity contribution in [3.8, 4) is 0 Å². The number of carbonyl (C=O) groups is 1. The molecule has 3 heteroatoms. The molecular formula is C16H19NO2. The summed E-state index contributed by atoms with van der Waals surface area (Å²) < 4.78 is 2.30.